The summed E-state index contributed by atoms with van der Waals surface area (Å²) in [5, 5.41) is 11.7. The van der Waals surface area contributed by atoms with E-state index in [1.807, 2.05) is 0 Å². The number of benzene rings is 2. The van der Waals surface area contributed by atoms with Crippen LogP contribution >= 0.6 is 23.2 Å². The number of para-hydroxylation sites is 1. The number of carbonyl (C=O) groups is 1. The van der Waals surface area contributed by atoms with Gasteiger partial charge in [-0.3, -0.25) is 10.1 Å². The van der Waals surface area contributed by atoms with Crippen LogP contribution in [0.15, 0.2) is 42.5 Å². The van der Waals surface area contributed by atoms with Crippen LogP contribution in [0, 0.1) is 10.1 Å². The first-order valence-electron chi connectivity index (χ1n) is 5.83. The van der Waals surface area contributed by atoms with Gasteiger partial charge in [0.25, 0.3) is 5.69 Å². The summed E-state index contributed by atoms with van der Waals surface area (Å²) < 4.78 is 5.05. The van der Waals surface area contributed by atoms with E-state index in [4.69, 9.17) is 27.9 Å². The summed E-state index contributed by atoms with van der Waals surface area (Å²) in [5.41, 5.74) is 0.158. The van der Waals surface area contributed by atoms with E-state index in [9.17, 15) is 14.9 Å². The van der Waals surface area contributed by atoms with Gasteiger partial charge < -0.3 is 4.74 Å². The zero-order valence-corrected chi connectivity index (χ0v) is 12.1. The van der Waals surface area contributed by atoms with Crippen LogP contribution in [0.25, 0.3) is 0 Å². The second kappa shape index (κ2) is 6.56. The van der Waals surface area contributed by atoms with Gasteiger partial charge in [-0.15, -0.1) is 0 Å². The van der Waals surface area contributed by atoms with Crippen LogP contribution < -0.4 is 0 Å². The van der Waals surface area contributed by atoms with Crippen molar-refractivity contribution in [2.45, 2.75) is 6.61 Å². The average Bonchev–Trinajstić information content (AvgIpc) is 2.46. The highest BCUT2D eigenvalue weighted by molar-refractivity contribution is 6.35. The van der Waals surface area contributed by atoms with Crippen LogP contribution in [0.3, 0.4) is 0 Å². The van der Waals surface area contributed by atoms with Crippen molar-refractivity contribution >= 4 is 34.9 Å². The molecule has 0 fully saturated rings. The van der Waals surface area contributed by atoms with Gasteiger partial charge >= 0.3 is 5.97 Å². The maximum atomic E-state index is 11.9. The number of rotatable bonds is 4. The maximum Gasteiger partial charge on any atom is 0.345 e. The topological polar surface area (TPSA) is 69.4 Å². The van der Waals surface area contributed by atoms with Gasteiger partial charge in [-0.2, -0.15) is 0 Å². The minimum absolute atomic E-state index is 0.0963. The number of ether oxygens (including phenoxy) is 1. The molecule has 0 spiro atoms. The van der Waals surface area contributed by atoms with Gasteiger partial charge in [-0.1, -0.05) is 41.4 Å². The van der Waals surface area contributed by atoms with Gasteiger partial charge in [-0.25, -0.2) is 4.79 Å². The van der Waals surface area contributed by atoms with Crippen molar-refractivity contribution in [3.63, 3.8) is 0 Å². The molecule has 0 aliphatic rings. The second-order valence-corrected chi connectivity index (χ2v) is 4.93. The van der Waals surface area contributed by atoms with E-state index in [1.165, 1.54) is 30.3 Å². The Labute approximate surface area is 130 Å². The molecule has 0 amide bonds. The molecule has 0 bridgehead atoms. The van der Waals surface area contributed by atoms with E-state index in [-0.39, 0.29) is 17.9 Å². The zero-order chi connectivity index (χ0) is 15.4. The van der Waals surface area contributed by atoms with E-state index >= 15 is 0 Å². The van der Waals surface area contributed by atoms with Gasteiger partial charge in [0, 0.05) is 21.7 Å². The Morgan fingerprint density at radius 3 is 2.57 bits per heavy atom. The fourth-order valence-electron chi connectivity index (χ4n) is 1.67. The Morgan fingerprint density at radius 2 is 1.90 bits per heavy atom. The minimum atomic E-state index is -0.784. The molecule has 7 heteroatoms. The summed E-state index contributed by atoms with van der Waals surface area (Å²) in [6.07, 6.45) is 0. The second-order valence-electron chi connectivity index (χ2n) is 4.09. The van der Waals surface area contributed by atoms with Crippen LogP contribution in [0.1, 0.15) is 15.9 Å². The van der Waals surface area contributed by atoms with E-state index in [0.29, 0.717) is 15.6 Å². The standard InChI is InChI=1S/C14H9Cl2NO4/c15-10-6-5-9(12(16)7-10)8-21-14(18)11-3-1-2-4-13(11)17(19)20/h1-7H,8H2. The van der Waals surface area contributed by atoms with Crippen LogP contribution in [0.4, 0.5) is 5.69 Å². The van der Waals surface area contributed by atoms with Crippen molar-refractivity contribution in [3.05, 3.63) is 73.8 Å². The number of esters is 1. The van der Waals surface area contributed by atoms with Crippen molar-refractivity contribution in [2.75, 3.05) is 0 Å². The molecule has 21 heavy (non-hydrogen) atoms. The summed E-state index contributed by atoms with van der Waals surface area (Å²) in [5.74, 6) is -0.784. The molecule has 0 saturated carbocycles. The third-order valence-corrected chi connectivity index (χ3v) is 3.28. The number of hydrogen-bond acceptors (Lipinski definition) is 4. The van der Waals surface area contributed by atoms with Gasteiger partial charge in [-0.05, 0) is 18.2 Å². The molecular formula is C14H9Cl2NO4. The summed E-state index contributed by atoms with van der Waals surface area (Å²) in [4.78, 5) is 22.1. The number of nitro benzene ring substituents is 1. The molecule has 2 aromatic rings. The number of carbonyl (C=O) groups excluding carboxylic acids is 1. The molecule has 0 atom stereocenters. The zero-order valence-electron chi connectivity index (χ0n) is 10.6. The lowest BCUT2D eigenvalue weighted by Gasteiger charge is -2.07. The highest BCUT2D eigenvalue weighted by Gasteiger charge is 2.20. The molecule has 0 unspecified atom stereocenters. The summed E-state index contributed by atoms with van der Waals surface area (Å²) in [7, 11) is 0. The highest BCUT2D eigenvalue weighted by Crippen LogP contribution is 2.23. The van der Waals surface area contributed by atoms with Crippen molar-refractivity contribution in [3.8, 4) is 0 Å². The molecule has 2 aromatic carbocycles. The van der Waals surface area contributed by atoms with Gasteiger partial charge in [0.15, 0.2) is 0 Å². The molecule has 2 rings (SSSR count). The van der Waals surface area contributed by atoms with Gasteiger partial charge in [0.05, 0.1) is 4.92 Å². The monoisotopic (exact) mass is 325 g/mol. The van der Waals surface area contributed by atoms with Gasteiger partial charge in [0.1, 0.15) is 12.2 Å². The van der Waals surface area contributed by atoms with Crippen LogP contribution in [0.2, 0.25) is 10.0 Å². The molecule has 0 N–H and O–H groups in total. The Hall–Kier alpha value is -2.11. The predicted molar refractivity (Wildman–Crippen MR) is 78.7 cm³/mol. The summed E-state index contributed by atoms with van der Waals surface area (Å²) in [6, 6.07) is 10.3. The van der Waals surface area contributed by atoms with E-state index in [1.54, 1.807) is 12.1 Å². The largest absolute Gasteiger partial charge is 0.457 e. The van der Waals surface area contributed by atoms with Crippen LogP contribution in [-0.4, -0.2) is 10.9 Å². The maximum absolute atomic E-state index is 11.9. The molecule has 0 heterocycles. The Balaban J connectivity index is 2.14. The Morgan fingerprint density at radius 1 is 1.19 bits per heavy atom. The lowest BCUT2D eigenvalue weighted by atomic mass is 10.2. The van der Waals surface area contributed by atoms with E-state index in [2.05, 4.69) is 0 Å². The smallest absolute Gasteiger partial charge is 0.345 e. The summed E-state index contributed by atoms with van der Waals surface area (Å²) in [6.45, 7) is -0.0963. The van der Waals surface area contributed by atoms with Crippen molar-refractivity contribution in [1.29, 1.82) is 0 Å². The Kier molecular flexibility index (Phi) is 4.77. The quantitative estimate of drug-likeness (QED) is 0.478. The molecule has 0 aliphatic heterocycles. The normalized spacial score (nSPS) is 10.2. The molecular weight excluding hydrogens is 317 g/mol. The first kappa shape index (κ1) is 15.3. The molecule has 108 valence electrons. The van der Waals surface area contributed by atoms with Crippen LogP contribution in [-0.2, 0) is 11.3 Å². The molecule has 0 saturated heterocycles. The molecule has 0 radical (unpaired) electrons. The first-order chi connectivity index (χ1) is 9.99. The van der Waals surface area contributed by atoms with Crippen molar-refractivity contribution in [2.24, 2.45) is 0 Å². The summed E-state index contributed by atoms with van der Waals surface area (Å²) >= 11 is 11.7. The molecule has 0 aliphatic carbocycles. The predicted octanol–water partition coefficient (Wildman–Crippen LogP) is 4.26. The number of nitrogens with zero attached hydrogens (tertiary/aromatic N) is 1. The van der Waals surface area contributed by atoms with Crippen LogP contribution in [0.5, 0.6) is 0 Å². The van der Waals surface area contributed by atoms with E-state index in [0.717, 1.165) is 0 Å². The first-order valence-corrected chi connectivity index (χ1v) is 6.59. The van der Waals surface area contributed by atoms with Crippen molar-refractivity contribution < 1.29 is 14.5 Å². The number of nitro groups is 1. The Bertz CT molecular complexity index is 703. The van der Waals surface area contributed by atoms with Gasteiger partial charge in [0.2, 0.25) is 0 Å². The average molecular weight is 326 g/mol. The number of halogens is 2. The fraction of sp³-hybridized carbons (Fsp3) is 0.0714. The van der Waals surface area contributed by atoms with E-state index < -0.39 is 10.9 Å². The molecule has 0 aromatic heterocycles. The highest BCUT2D eigenvalue weighted by atomic mass is 35.5. The fourth-order valence-corrected chi connectivity index (χ4v) is 2.13. The number of hydrogen-bond donors (Lipinski definition) is 0. The third-order valence-electron chi connectivity index (χ3n) is 2.69. The van der Waals surface area contributed by atoms with Crippen molar-refractivity contribution in [1.82, 2.24) is 0 Å². The lowest BCUT2D eigenvalue weighted by Crippen LogP contribution is -2.08. The lowest BCUT2D eigenvalue weighted by molar-refractivity contribution is -0.385. The SMILES string of the molecule is O=C(OCc1ccc(Cl)cc1Cl)c1ccccc1[N+](=O)[O-]. The molecule has 5 nitrogen and oxygen atoms in total. The minimum Gasteiger partial charge on any atom is -0.457 e. The third kappa shape index (κ3) is 3.71.